The zero-order chi connectivity index (χ0) is 9.84. The Morgan fingerprint density at radius 1 is 1.77 bits per heavy atom. The fourth-order valence-electron chi connectivity index (χ4n) is 1.10. The molecular weight excluding hydrogens is 168 g/mol. The SMILES string of the molecule is Cc1cc([C@H](N)CC(=O)O)ccn1. The number of nitrogens with zero attached hydrogens (tertiary/aromatic N) is 1. The Hall–Kier alpha value is -1.42. The Kier molecular flexibility index (Phi) is 2.97. The van der Waals surface area contributed by atoms with Crippen LogP contribution in [0.5, 0.6) is 0 Å². The lowest BCUT2D eigenvalue weighted by atomic mass is 10.1. The Labute approximate surface area is 76.4 Å². The van der Waals surface area contributed by atoms with Gasteiger partial charge >= 0.3 is 5.97 Å². The van der Waals surface area contributed by atoms with Crippen LogP contribution in [-0.4, -0.2) is 16.1 Å². The van der Waals surface area contributed by atoms with Crippen LogP contribution in [0.1, 0.15) is 23.7 Å². The summed E-state index contributed by atoms with van der Waals surface area (Å²) in [5, 5.41) is 8.52. The molecule has 1 aromatic rings. The topological polar surface area (TPSA) is 76.2 Å². The predicted octanol–water partition coefficient (Wildman–Crippen LogP) is 0.865. The lowest BCUT2D eigenvalue weighted by molar-refractivity contribution is -0.137. The molecule has 0 amide bonds. The number of pyridine rings is 1. The van der Waals surface area contributed by atoms with Gasteiger partial charge < -0.3 is 10.8 Å². The molecule has 0 saturated heterocycles. The van der Waals surface area contributed by atoms with Crippen molar-refractivity contribution in [2.75, 3.05) is 0 Å². The van der Waals surface area contributed by atoms with E-state index in [2.05, 4.69) is 4.98 Å². The molecule has 0 aliphatic carbocycles. The molecule has 0 aliphatic rings. The molecule has 1 rings (SSSR count). The van der Waals surface area contributed by atoms with Crippen LogP contribution < -0.4 is 5.73 Å². The van der Waals surface area contributed by atoms with Crippen LogP contribution in [0.2, 0.25) is 0 Å². The highest BCUT2D eigenvalue weighted by Gasteiger charge is 2.10. The van der Waals surface area contributed by atoms with E-state index in [1.54, 1.807) is 18.3 Å². The smallest absolute Gasteiger partial charge is 0.305 e. The summed E-state index contributed by atoms with van der Waals surface area (Å²) in [6, 6.07) is 3.09. The summed E-state index contributed by atoms with van der Waals surface area (Å²) in [7, 11) is 0. The monoisotopic (exact) mass is 180 g/mol. The van der Waals surface area contributed by atoms with Crippen LogP contribution in [0.3, 0.4) is 0 Å². The number of aryl methyl sites for hydroxylation is 1. The Morgan fingerprint density at radius 2 is 2.46 bits per heavy atom. The number of aromatic nitrogens is 1. The molecule has 0 radical (unpaired) electrons. The molecule has 1 aromatic heterocycles. The molecule has 1 atom stereocenters. The number of carboxylic acid groups (broad SMARTS) is 1. The average Bonchev–Trinajstić information content (AvgIpc) is 2.03. The molecule has 0 bridgehead atoms. The van der Waals surface area contributed by atoms with Crippen molar-refractivity contribution in [1.82, 2.24) is 4.98 Å². The van der Waals surface area contributed by atoms with Crippen LogP contribution in [0.15, 0.2) is 18.3 Å². The zero-order valence-electron chi connectivity index (χ0n) is 7.40. The van der Waals surface area contributed by atoms with Gasteiger partial charge in [-0.05, 0) is 24.6 Å². The third-order valence-corrected chi connectivity index (χ3v) is 1.74. The molecule has 0 unspecified atom stereocenters. The second-order valence-corrected chi connectivity index (χ2v) is 2.93. The molecule has 1 heterocycles. The van der Waals surface area contributed by atoms with Gasteiger partial charge in [0.15, 0.2) is 0 Å². The first-order valence-corrected chi connectivity index (χ1v) is 3.99. The van der Waals surface area contributed by atoms with E-state index in [1.165, 1.54) is 0 Å². The summed E-state index contributed by atoms with van der Waals surface area (Å²) < 4.78 is 0. The lowest BCUT2D eigenvalue weighted by Crippen LogP contribution is -2.15. The number of hydrogen-bond acceptors (Lipinski definition) is 3. The molecule has 4 nitrogen and oxygen atoms in total. The van der Waals surface area contributed by atoms with E-state index in [1.807, 2.05) is 6.92 Å². The highest BCUT2D eigenvalue weighted by Crippen LogP contribution is 2.13. The van der Waals surface area contributed by atoms with Gasteiger partial charge in [-0.2, -0.15) is 0 Å². The van der Waals surface area contributed by atoms with Crippen LogP contribution in [0.4, 0.5) is 0 Å². The molecule has 0 spiro atoms. The van der Waals surface area contributed by atoms with Crippen LogP contribution in [0, 0.1) is 6.92 Å². The summed E-state index contributed by atoms with van der Waals surface area (Å²) >= 11 is 0. The molecule has 3 N–H and O–H groups in total. The molecular formula is C9H12N2O2. The van der Waals surface area contributed by atoms with E-state index in [9.17, 15) is 4.79 Å². The van der Waals surface area contributed by atoms with Crippen molar-refractivity contribution in [1.29, 1.82) is 0 Å². The second kappa shape index (κ2) is 4.00. The van der Waals surface area contributed by atoms with Gasteiger partial charge in [0.2, 0.25) is 0 Å². The van der Waals surface area contributed by atoms with E-state index in [-0.39, 0.29) is 6.42 Å². The van der Waals surface area contributed by atoms with Gasteiger partial charge in [0.25, 0.3) is 0 Å². The molecule has 0 saturated carbocycles. The standard InChI is InChI=1S/C9H12N2O2/c1-6-4-7(2-3-11-6)8(10)5-9(12)13/h2-4,8H,5,10H2,1H3,(H,12,13)/t8-/m1/s1. The molecule has 0 aliphatic heterocycles. The summed E-state index contributed by atoms with van der Waals surface area (Å²) in [6.07, 6.45) is 1.58. The fourth-order valence-corrected chi connectivity index (χ4v) is 1.10. The molecule has 4 heteroatoms. The summed E-state index contributed by atoms with van der Waals surface area (Å²) in [5.41, 5.74) is 7.32. The maximum absolute atomic E-state index is 10.4. The van der Waals surface area contributed by atoms with E-state index < -0.39 is 12.0 Å². The Balaban J connectivity index is 2.76. The molecule has 13 heavy (non-hydrogen) atoms. The maximum Gasteiger partial charge on any atom is 0.305 e. The van der Waals surface area contributed by atoms with E-state index in [0.29, 0.717) is 0 Å². The molecule has 0 aromatic carbocycles. The predicted molar refractivity (Wildman–Crippen MR) is 48.2 cm³/mol. The minimum absolute atomic E-state index is 0.0521. The number of hydrogen-bond donors (Lipinski definition) is 2. The van der Waals surface area contributed by atoms with Crippen molar-refractivity contribution in [3.8, 4) is 0 Å². The van der Waals surface area contributed by atoms with Crippen molar-refractivity contribution in [3.63, 3.8) is 0 Å². The third kappa shape index (κ3) is 2.83. The largest absolute Gasteiger partial charge is 0.481 e. The minimum atomic E-state index is -0.887. The Bertz CT molecular complexity index is 312. The quantitative estimate of drug-likeness (QED) is 0.723. The van der Waals surface area contributed by atoms with Crippen molar-refractivity contribution < 1.29 is 9.90 Å². The van der Waals surface area contributed by atoms with Gasteiger partial charge in [-0.1, -0.05) is 0 Å². The lowest BCUT2D eigenvalue weighted by Gasteiger charge is -2.08. The average molecular weight is 180 g/mol. The summed E-state index contributed by atoms with van der Waals surface area (Å²) in [6.45, 7) is 1.84. The minimum Gasteiger partial charge on any atom is -0.481 e. The van der Waals surface area contributed by atoms with Crippen molar-refractivity contribution in [3.05, 3.63) is 29.6 Å². The maximum atomic E-state index is 10.4. The Morgan fingerprint density at radius 3 is 3.00 bits per heavy atom. The fraction of sp³-hybridized carbons (Fsp3) is 0.333. The molecule has 70 valence electrons. The second-order valence-electron chi connectivity index (χ2n) is 2.93. The van der Waals surface area contributed by atoms with Gasteiger partial charge in [-0.3, -0.25) is 9.78 Å². The van der Waals surface area contributed by atoms with Gasteiger partial charge in [0.05, 0.1) is 6.42 Å². The zero-order valence-corrected chi connectivity index (χ0v) is 7.40. The number of carbonyl (C=O) groups is 1. The van der Waals surface area contributed by atoms with E-state index in [4.69, 9.17) is 10.8 Å². The van der Waals surface area contributed by atoms with Crippen LogP contribution in [0.25, 0.3) is 0 Å². The first-order chi connectivity index (χ1) is 6.09. The van der Waals surface area contributed by atoms with Gasteiger partial charge in [-0.25, -0.2) is 0 Å². The summed E-state index contributed by atoms with van der Waals surface area (Å²) in [4.78, 5) is 14.4. The first-order valence-electron chi connectivity index (χ1n) is 3.99. The number of nitrogens with two attached hydrogens (primary N) is 1. The summed E-state index contributed by atoms with van der Waals surface area (Å²) in [5.74, 6) is -0.887. The van der Waals surface area contributed by atoms with E-state index >= 15 is 0 Å². The van der Waals surface area contributed by atoms with Crippen molar-refractivity contribution >= 4 is 5.97 Å². The normalized spacial score (nSPS) is 12.5. The third-order valence-electron chi connectivity index (χ3n) is 1.74. The highest BCUT2D eigenvalue weighted by atomic mass is 16.4. The van der Waals surface area contributed by atoms with Crippen LogP contribution >= 0.6 is 0 Å². The van der Waals surface area contributed by atoms with Crippen LogP contribution in [-0.2, 0) is 4.79 Å². The van der Waals surface area contributed by atoms with Gasteiger partial charge in [0, 0.05) is 17.9 Å². The van der Waals surface area contributed by atoms with E-state index in [0.717, 1.165) is 11.3 Å². The van der Waals surface area contributed by atoms with Gasteiger partial charge in [0.1, 0.15) is 0 Å². The van der Waals surface area contributed by atoms with Gasteiger partial charge in [-0.15, -0.1) is 0 Å². The number of rotatable bonds is 3. The molecule has 0 fully saturated rings. The number of carboxylic acids is 1. The first kappa shape index (κ1) is 9.67. The van der Waals surface area contributed by atoms with Crippen molar-refractivity contribution in [2.45, 2.75) is 19.4 Å². The van der Waals surface area contributed by atoms with Crippen molar-refractivity contribution in [2.24, 2.45) is 5.73 Å². The number of aliphatic carboxylic acids is 1. The highest BCUT2D eigenvalue weighted by molar-refractivity contribution is 5.67.